The molecule has 0 aliphatic carbocycles. The van der Waals surface area contributed by atoms with Crippen LogP contribution in [0.1, 0.15) is 59.9 Å². The largest absolute Gasteiger partial charge is 0.454 e. The number of nitrogens with zero attached hydrogens (tertiary/aromatic N) is 2. The van der Waals surface area contributed by atoms with Gasteiger partial charge in [0.2, 0.25) is 6.79 Å². The summed E-state index contributed by atoms with van der Waals surface area (Å²) in [6.07, 6.45) is 3.50. The van der Waals surface area contributed by atoms with E-state index in [-0.39, 0.29) is 24.6 Å². The number of ether oxygens (including phenoxy) is 2. The van der Waals surface area contributed by atoms with Gasteiger partial charge >= 0.3 is 0 Å². The average Bonchev–Trinajstić information content (AvgIpc) is 3.32. The normalized spacial score (nSPS) is 15.6. The molecule has 1 aromatic heterocycles. The lowest BCUT2D eigenvalue weighted by Gasteiger charge is -2.18. The molecule has 0 spiro atoms. The lowest BCUT2D eigenvalue weighted by atomic mass is 10.1. The van der Waals surface area contributed by atoms with E-state index in [1.54, 1.807) is 18.2 Å². The minimum atomic E-state index is -0.327. The Morgan fingerprint density at radius 3 is 2.86 bits per heavy atom. The van der Waals surface area contributed by atoms with E-state index in [1.807, 2.05) is 18.4 Å². The quantitative estimate of drug-likeness (QED) is 0.827. The number of carbonyl (C=O) groups excluding carboxylic acids is 2. The zero-order valence-electron chi connectivity index (χ0n) is 16.1. The van der Waals surface area contributed by atoms with Crippen LogP contribution >= 0.6 is 0 Å². The van der Waals surface area contributed by atoms with Crippen molar-refractivity contribution >= 4 is 17.5 Å². The Labute approximate surface area is 163 Å². The summed E-state index contributed by atoms with van der Waals surface area (Å²) >= 11 is 0. The van der Waals surface area contributed by atoms with Crippen molar-refractivity contribution in [1.29, 1.82) is 0 Å². The SMILES string of the molecule is CCC(C)NC(=O)c1nc(C(=O)Nc2ccc3c(c2)OCO3)c2n1CCCC2. The molecule has 3 heterocycles. The molecule has 8 nitrogen and oxygen atoms in total. The predicted molar refractivity (Wildman–Crippen MR) is 103 cm³/mol. The molecule has 4 rings (SSSR count). The van der Waals surface area contributed by atoms with Crippen molar-refractivity contribution in [3.63, 3.8) is 0 Å². The van der Waals surface area contributed by atoms with Crippen molar-refractivity contribution in [3.05, 3.63) is 35.4 Å². The minimum absolute atomic E-state index is 0.0509. The zero-order valence-corrected chi connectivity index (χ0v) is 16.1. The number of benzene rings is 1. The van der Waals surface area contributed by atoms with Crippen LogP contribution in [0.4, 0.5) is 5.69 Å². The van der Waals surface area contributed by atoms with Crippen LogP contribution in [0.3, 0.4) is 0 Å². The molecule has 0 saturated heterocycles. The number of hydrogen-bond acceptors (Lipinski definition) is 5. The number of hydrogen-bond donors (Lipinski definition) is 2. The monoisotopic (exact) mass is 384 g/mol. The lowest BCUT2D eigenvalue weighted by Crippen LogP contribution is -2.34. The molecule has 2 aromatic rings. The molecule has 8 heteroatoms. The first kappa shape index (κ1) is 18.3. The fraction of sp³-hybridized carbons (Fsp3) is 0.450. The zero-order chi connectivity index (χ0) is 19.7. The summed E-state index contributed by atoms with van der Waals surface area (Å²) in [5.74, 6) is 0.997. The van der Waals surface area contributed by atoms with Gasteiger partial charge < -0.3 is 24.7 Å². The van der Waals surface area contributed by atoms with Crippen LogP contribution in [0, 0.1) is 0 Å². The van der Waals surface area contributed by atoms with Gasteiger partial charge in [0.25, 0.3) is 11.8 Å². The molecular weight excluding hydrogens is 360 g/mol. The molecular formula is C20H24N4O4. The van der Waals surface area contributed by atoms with Gasteiger partial charge in [0, 0.05) is 24.3 Å². The van der Waals surface area contributed by atoms with Gasteiger partial charge in [-0.1, -0.05) is 6.92 Å². The van der Waals surface area contributed by atoms with E-state index in [0.717, 1.165) is 31.4 Å². The van der Waals surface area contributed by atoms with Crippen LogP contribution in [0.25, 0.3) is 0 Å². The highest BCUT2D eigenvalue weighted by atomic mass is 16.7. The lowest BCUT2D eigenvalue weighted by molar-refractivity contribution is 0.0923. The maximum absolute atomic E-state index is 12.9. The predicted octanol–water partition coefficient (Wildman–Crippen LogP) is 2.73. The Kier molecular flexibility index (Phi) is 4.93. The molecule has 2 aliphatic heterocycles. The summed E-state index contributed by atoms with van der Waals surface area (Å²) in [6, 6.07) is 5.28. The van der Waals surface area contributed by atoms with Gasteiger partial charge in [-0.05, 0) is 44.7 Å². The van der Waals surface area contributed by atoms with E-state index in [2.05, 4.69) is 15.6 Å². The van der Waals surface area contributed by atoms with Crippen LogP contribution in [0.15, 0.2) is 18.2 Å². The molecule has 28 heavy (non-hydrogen) atoms. The number of imidazole rings is 1. The standard InChI is InChI=1S/C20H24N4O4/c1-3-12(2)21-20(26)18-23-17(14-6-4-5-9-24(14)18)19(25)22-13-7-8-15-16(10-13)28-11-27-15/h7-8,10,12H,3-6,9,11H2,1-2H3,(H,21,26)(H,22,25). The van der Waals surface area contributed by atoms with Gasteiger partial charge in [0.1, 0.15) is 0 Å². The van der Waals surface area contributed by atoms with Crippen LogP contribution in [-0.2, 0) is 13.0 Å². The van der Waals surface area contributed by atoms with Gasteiger partial charge in [-0.25, -0.2) is 4.98 Å². The Bertz CT molecular complexity index is 921. The second-order valence-electron chi connectivity index (χ2n) is 7.14. The van der Waals surface area contributed by atoms with Crippen LogP contribution in [-0.4, -0.2) is 34.2 Å². The first-order chi connectivity index (χ1) is 13.6. The summed E-state index contributed by atoms with van der Waals surface area (Å²) < 4.78 is 12.5. The molecule has 1 aromatic carbocycles. The maximum atomic E-state index is 12.9. The number of rotatable bonds is 5. The fourth-order valence-electron chi connectivity index (χ4n) is 3.45. The van der Waals surface area contributed by atoms with E-state index >= 15 is 0 Å². The number of carbonyl (C=O) groups is 2. The fourth-order valence-corrected chi connectivity index (χ4v) is 3.45. The third kappa shape index (κ3) is 3.42. The van der Waals surface area contributed by atoms with Gasteiger partial charge in [-0.3, -0.25) is 9.59 Å². The highest BCUT2D eigenvalue weighted by Crippen LogP contribution is 2.34. The number of fused-ring (bicyclic) bond motifs is 2. The van der Waals surface area contributed by atoms with E-state index in [9.17, 15) is 9.59 Å². The second kappa shape index (κ2) is 7.53. The molecule has 1 atom stereocenters. The van der Waals surface area contributed by atoms with E-state index < -0.39 is 0 Å². The van der Waals surface area contributed by atoms with E-state index in [1.165, 1.54) is 0 Å². The highest BCUT2D eigenvalue weighted by molar-refractivity contribution is 6.05. The summed E-state index contributed by atoms with van der Waals surface area (Å²) in [6.45, 7) is 4.83. The summed E-state index contributed by atoms with van der Waals surface area (Å²) in [5.41, 5.74) is 1.72. The molecule has 2 amide bonds. The van der Waals surface area contributed by atoms with Crippen molar-refractivity contribution in [3.8, 4) is 11.5 Å². The first-order valence-corrected chi connectivity index (χ1v) is 9.68. The molecule has 2 N–H and O–H groups in total. The molecule has 2 aliphatic rings. The van der Waals surface area contributed by atoms with Crippen molar-refractivity contribution < 1.29 is 19.1 Å². The third-order valence-electron chi connectivity index (χ3n) is 5.16. The smallest absolute Gasteiger partial charge is 0.287 e. The van der Waals surface area contributed by atoms with Crippen molar-refractivity contribution in [2.24, 2.45) is 0 Å². The van der Waals surface area contributed by atoms with Gasteiger partial charge in [-0.2, -0.15) is 0 Å². The number of aromatic nitrogens is 2. The third-order valence-corrected chi connectivity index (χ3v) is 5.16. The molecule has 0 fully saturated rings. The summed E-state index contributed by atoms with van der Waals surface area (Å²) in [7, 11) is 0. The topological polar surface area (TPSA) is 94.5 Å². The molecule has 0 radical (unpaired) electrons. The minimum Gasteiger partial charge on any atom is -0.454 e. The highest BCUT2D eigenvalue weighted by Gasteiger charge is 2.28. The number of anilines is 1. The van der Waals surface area contributed by atoms with Crippen molar-refractivity contribution in [1.82, 2.24) is 14.9 Å². The summed E-state index contributed by atoms with van der Waals surface area (Å²) in [4.78, 5) is 30.0. The average molecular weight is 384 g/mol. The molecule has 1 unspecified atom stereocenters. The molecule has 0 bridgehead atoms. The van der Waals surface area contributed by atoms with Crippen LogP contribution in [0.5, 0.6) is 11.5 Å². The van der Waals surface area contributed by atoms with Gasteiger partial charge in [0.15, 0.2) is 23.0 Å². The Morgan fingerprint density at radius 2 is 2.04 bits per heavy atom. The van der Waals surface area contributed by atoms with Crippen molar-refractivity contribution in [2.75, 3.05) is 12.1 Å². The molecule has 0 saturated carbocycles. The Hall–Kier alpha value is -3.03. The van der Waals surface area contributed by atoms with Crippen LogP contribution in [0.2, 0.25) is 0 Å². The van der Waals surface area contributed by atoms with Crippen molar-refractivity contribution in [2.45, 2.75) is 52.1 Å². The number of amides is 2. The second-order valence-corrected chi connectivity index (χ2v) is 7.14. The molecule has 148 valence electrons. The van der Waals surface area contributed by atoms with Crippen LogP contribution < -0.4 is 20.1 Å². The Morgan fingerprint density at radius 1 is 1.21 bits per heavy atom. The maximum Gasteiger partial charge on any atom is 0.287 e. The Balaban J connectivity index is 1.60. The van der Waals surface area contributed by atoms with Gasteiger partial charge in [0.05, 0.1) is 5.69 Å². The summed E-state index contributed by atoms with van der Waals surface area (Å²) in [5, 5.41) is 5.80. The van der Waals surface area contributed by atoms with E-state index in [0.29, 0.717) is 35.2 Å². The first-order valence-electron chi connectivity index (χ1n) is 9.68. The number of nitrogens with one attached hydrogen (secondary N) is 2. The van der Waals surface area contributed by atoms with Gasteiger partial charge in [-0.15, -0.1) is 0 Å². The van der Waals surface area contributed by atoms with E-state index in [4.69, 9.17) is 9.47 Å².